The average Bonchev–Trinajstić information content (AvgIpc) is 2.16. The van der Waals surface area contributed by atoms with Crippen LogP contribution in [0.25, 0.3) is 0 Å². The van der Waals surface area contributed by atoms with Crippen molar-refractivity contribution in [3.8, 4) is 0 Å². The molecule has 0 fully saturated rings. The Kier molecular flexibility index (Phi) is 6.33. The van der Waals surface area contributed by atoms with Gasteiger partial charge in [-0.15, -0.1) is 0 Å². The van der Waals surface area contributed by atoms with Gasteiger partial charge in [0.05, 0.1) is 0 Å². The largest absolute Gasteiger partial charge is 0.296 e. The number of hydrogen-bond acceptors (Lipinski definition) is 3. The van der Waals surface area contributed by atoms with E-state index in [0.717, 1.165) is 0 Å². The summed E-state index contributed by atoms with van der Waals surface area (Å²) in [5.74, 6) is -0.0830. The van der Waals surface area contributed by atoms with Crippen molar-refractivity contribution in [2.75, 3.05) is 0 Å². The highest BCUT2D eigenvalue weighted by Gasteiger charge is 2.07. The van der Waals surface area contributed by atoms with E-state index in [1.54, 1.807) is 13.8 Å². The van der Waals surface area contributed by atoms with Crippen LogP contribution in [-0.2, 0) is 9.59 Å². The summed E-state index contributed by atoms with van der Waals surface area (Å²) in [5, 5.41) is 5.08. The smallest absolute Gasteiger partial charge is 0.226 e. The molecule has 0 aliphatic carbocycles. The van der Waals surface area contributed by atoms with Crippen LogP contribution in [0.1, 0.15) is 40.5 Å². The van der Waals surface area contributed by atoms with Crippen molar-refractivity contribution in [3.63, 3.8) is 0 Å². The predicted octanol–water partition coefficient (Wildman–Crippen LogP) is 0.803. The second-order valence-electron chi connectivity index (χ2n) is 3.37. The summed E-state index contributed by atoms with van der Waals surface area (Å²) >= 11 is 0. The zero-order chi connectivity index (χ0) is 11.8. The number of guanidine groups is 1. The number of carbonyl (C=O) groups is 2. The SMILES string of the molecule is CCC(=O)NC(=NC(C)C)NC(=O)CC. The highest BCUT2D eigenvalue weighted by molar-refractivity contribution is 6.04. The predicted molar refractivity (Wildman–Crippen MR) is 59.4 cm³/mol. The van der Waals surface area contributed by atoms with Crippen LogP contribution in [0.4, 0.5) is 0 Å². The van der Waals surface area contributed by atoms with Crippen LogP contribution in [-0.4, -0.2) is 23.8 Å². The van der Waals surface area contributed by atoms with Gasteiger partial charge in [-0.05, 0) is 13.8 Å². The second-order valence-corrected chi connectivity index (χ2v) is 3.37. The van der Waals surface area contributed by atoms with Gasteiger partial charge in [-0.1, -0.05) is 13.8 Å². The molecule has 0 unspecified atom stereocenters. The van der Waals surface area contributed by atoms with Crippen molar-refractivity contribution in [1.82, 2.24) is 10.6 Å². The van der Waals surface area contributed by atoms with Crippen LogP contribution in [0.5, 0.6) is 0 Å². The minimum absolute atomic E-state index is 0.0225. The van der Waals surface area contributed by atoms with E-state index in [2.05, 4.69) is 15.6 Å². The molecule has 0 rings (SSSR count). The van der Waals surface area contributed by atoms with Crippen molar-refractivity contribution in [1.29, 1.82) is 0 Å². The molecule has 0 spiro atoms. The lowest BCUT2D eigenvalue weighted by molar-refractivity contribution is -0.119. The lowest BCUT2D eigenvalue weighted by atomic mass is 10.4. The Bertz CT molecular complexity index is 239. The number of carbonyl (C=O) groups excluding carboxylic acids is 2. The summed E-state index contributed by atoms with van der Waals surface area (Å²) in [6.45, 7) is 7.22. The van der Waals surface area contributed by atoms with E-state index in [0.29, 0.717) is 12.8 Å². The number of aliphatic imine (C=N–C) groups is 1. The third-order valence-electron chi connectivity index (χ3n) is 1.55. The molecule has 0 aromatic rings. The van der Waals surface area contributed by atoms with Crippen LogP contribution in [0.3, 0.4) is 0 Å². The first kappa shape index (κ1) is 13.6. The zero-order valence-electron chi connectivity index (χ0n) is 9.76. The number of nitrogens with zero attached hydrogens (tertiary/aromatic N) is 1. The van der Waals surface area contributed by atoms with Gasteiger partial charge in [0.2, 0.25) is 17.8 Å². The molecule has 0 aliphatic heterocycles. The summed E-state index contributed by atoms with van der Waals surface area (Å²) in [6.07, 6.45) is 0.720. The molecule has 0 atom stereocenters. The first-order valence-electron chi connectivity index (χ1n) is 5.17. The van der Waals surface area contributed by atoms with Crippen LogP contribution in [0.2, 0.25) is 0 Å². The molecule has 86 valence electrons. The molecule has 0 saturated carbocycles. The van der Waals surface area contributed by atoms with E-state index in [1.165, 1.54) is 0 Å². The van der Waals surface area contributed by atoms with E-state index in [9.17, 15) is 9.59 Å². The Morgan fingerprint density at radius 1 is 1.07 bits per heavy atom. The molecule has 5 nitrogen and oxygen atoms in total. The van der Waals surface area contributed by atoms with Crippen molar-refractivity contribution in [3.05, 3.63) is 0 Å². The van der Waals surface area contributed by atoms with Gasteiger partial charge in [0.1, 0.15) is 0 Å². The fourth-order valence-corrected chi connectivity index (χ4v) is 0.795. The second kappa shape index (κ2) is 6.98. The Balaban J connectivity index is 4.45. The Morgan fingerprint density at radius 2 is 1.47 bits per heavy atom. The number of amides is 2. The van der Waals surface area contributed by atoms with Crippen molar-refractivity contribution in [2.45, 2.75) is 46.6 Å². The fraction of sp³-hybridized carbons (Fsp3) is 0.700. The number of hydrogen-bond donors (Lipinski definition) is 2. The third kappa shape index (κ3) is 6.65. The van der Waals surface area contributed by atoms with Gasteiger partial charge >= 0.3 is 0 Å². The van der Waals surface area contributed by atoms with Crippen molar-refractivity contribution in [2.24, 2.45) is 4.99 Å². The molecular formula is C10H19N3O2. The summed E-state index contributed by atoms with van der Waals surface area (Å²) in [7, 11) is 0. The van der Waals surface area contributed by atoms with Gasteiger partial charge in [-0.25, -0.2) is 4.99 Å². The van der Waals surface area contributed by atoms with Crippen LogP contribution in [0.15, 0.2) is 4.99 Å². The van der Waals surface area contributed by atoms with Crippen molar-refractivity contribution >= 4 is 17.8 Å². The van der Waals surface area contributed by atoms with Gasteiger partial charge in [0.25, 0.3) is 0 Å². The maximum Gasteiger partial charge on any atom is 0.226 e. The Labute approximate surface area is 90.3 Å². The van der Waals surface area contributed by atoms with Crippen LogP contribution in [0, 0.1) is 0 Å². The van der Waals surface area contributed by atoms with Gasteiger partial charge in [0, 0.05) is 18.9 Å². The zero-order valence-corrected chi connectivity index (χ0v) is 9.76. The summed E-state index contributed by atoms with van der Waals surface area (Å²) in [4.78, 5) is 26.4. The molecule has 2 N–H and O–H groups in total. The lowest BCUT2D eigenvalue weighted by Crippen LogP contribution is -2.44. The van der Waals surface area contributed by atoms with E-state index < -0.39 is 0 Å². The third-order valence-corrected chi connectivity index (χ3v) is 1.55. The molecular weight excluding hydrogens is 194 g/mol. The van der Waals surface area contributed by atoms with E-state index >= 15 is 0 Å². The van der Waals surface area contributed by atoms with Gasteiger partial charge in [-0.3, -0.25) is 20.2 Å². The number of rotatable bonds is 3. The first-order chi connectivity index (χ1) is 6.99. The molecule has 0 heterocycles. The number of nitrogens with one attached hydrogen (secondary N) is 2. The monoisotopic (exact) mass is 213 g/mol. The molecule has 0 bridgehead atoms. The molecule has 0 radical (unpaired) electrons. The normalized spacial score (nSPS) is 9.67. The molecule has 2 amide bonds. The van der Waals surface area contributed by atoms with E-state index in [4.69, 9.17) is 0 Å². The molecule has 0 aromatic carbocycles. The van der Waals surface area contributed by atoms with Gasteiger partial charge in [-0.2, -0.15) is 0 Å². The molecule has 5 heteroatoms. The van der Waals surface area contributed by atoms with Gasteiger partial charge in [0.15, 0.2) is 0 Å². The molecule has 0 saturated heterocycles. The highest BCUT2D eigenvalue weighted by atomic mass is 16.2. The molecule has 0 aliphatic rings. The summed E-state index contributed by atoms with van der Waals surface area (Å²) < 4.78 is 0. The van der Waals surface area contributed by atoms with E-state index in [1.807, 2.05) is 13.8 Å². The summed E-state index contributed by atoms with van der Waals surface area (Å²) in [6, 6.07) is 0.0225. The molecule has 0 aromatic heterocycles. The average molecular weight is 213 g/mol. The quantitative estimate of drug-likeness (QED) is 0.538. The minimum Gasteiger partial charge on any atom is -0.296 e. The maximum atomic E-state index is 11.1. The Hall–Kier alpha value is -1.39. The van der Waals surface area contributed by atoms with Crippen LogP contribution < -0.4 is 10.6 Å². The Morgan fingerprint density at radius 3 is 1.73 bits per heavy atom. The standard InChI is InChI=1S/C10H19N3O2/c1-5-8(14)12-10(11-7(3)4)13-9(15)6-2/h7H,5-6H2,1-4H3,(H2,11,12,13,14,15). The summed E-state index contributed by atoms with van der Waals surface area (Å²) in [5.41, 5.74) is 0. The van der Waals surface area contributed by atoms with E-state index in [-0.39, 0.29) is 23.8 Å². The van der Waals surface area contributed by atoms with Crippen molar-refractivity contribution < 1.29 is 9.59 Å². The molecule has 15 heavy (non-hydrogen) atoms. The lowest BCUT2D eigenvalue weighted by Gasteiger charge is -2.10. The van der Waals surface area contributed by atoms with Crippen LogP contribution >= 0.6 is 0 Å². The highest BCUT2D eigenvalue weighted by Crippen LogP contribution is 1.87. The first-order valence-corrected chi connectivity index (χ1v) is 5.17. The maximum absolute atomic E-state index is 11.1. The fourth-order valence-electron chi connectivity index (χ4n) is 0.795. The van der Waals surface area contributed by atoms with Gasteiger partial charge < -0.3 is 0 Å². The topological polar surface area (TPSA) is 70.6 Å². The minimum atomic E-state index is -0.161.